The van der Waals surface area contributed by atoms with Gasteiger partial charge in [-0.05, 0) is 59.6 Å². The Morgan fingerprint density at radius 2 is 1.09 bits per heavy atom. The van der Waals surface area contributed by atoms with E-state index >= 15 is 0 Å². The molecule has 0 aliphatic rings. The summed E-state index contributed by atoms with van der Waals surface area (Å²) in [5.41, 5.74) is 10.9. The van der Waals surface area contributed by atoms with Crippen LogP contribution in [0.5, 0.6) is 0 Å². The molecule has 0 unspecified atom stereocenters. The number of ketones is 1. The number of rotatable bonds is 5. The quantitative estimate of drug-likeness (QED) is 0.0801. The van der Waals surface area contributed by atoms with Gasteiger partial charge in [0.05, 0.1) is 18.5 Å². The summed E-state index contributed by atoms with van der Waals surface area (Å²) in [6.45, 7) is 17.6. The molecule has 0 radical (unpaired) electrons. The van der Waals surface area contributed by atoms with Crippen LogP contribution in [0.15, 0.2) is 26.1 Å². The number of nitrogens with two attached hydrogens (primary N) is 1. The summed E-state index contributed by atoms with van der Waals surface area (Å²) >= 11 is 0. The van der Waals surface area contributed by atoms with Crippen LogP contribution in [-0.4, -0.2) is 58.2 Å². The van der Waals surface area contributed by atoms with Crippen LogP contribution in [0.4, 0.5) is 0 Å². The first-order valence-electron chi connectivity index (χ1n) is 11.7. The maximum Gasteiger partial charge on any atom is 0.333 e. The van der Waals surface area contributed by atoms with Crippen molar-refractivity contribution >= 4 is 40.9 Å². The Kier molecular flexibility index (Phi) is 37.7. The minimum absolute atomic E-state index is 0. The summed E-state index contributed by atoms with van der Waals surface area (Å²) in [6, 6.07) is 0. The number of nitrogens with one attached hydrogen (secondary N) is 4. The van der Waals surface area contributed by atoms with Crippen molar-refractivity contribution in [3.63, 3.8) is 0 Å². The number of nitrogens with zero attached hydrogens (tertiary/aromatic N) is 3. The number of carbonyl (C=O) groups excluding carboxylic acids is 5. The number of carbonyl (C=O) groups is 5. The van der Waals surface area contributed by atoms with E-state index in [9.17, 15) is 28.8 Å². The number of aryl methyl sites for hydroxylation is 1. The molecule has 1 rings (SSSR count). The Morgan fingerprint density at radius 1 is 0.705 bits per heavy atom. The third kappa shape index (κ3) is 27.6. The van der Waals surface area contributed by atoms with Gasteiger partial charge in [-0.3, -0.25) is 29.4 Å². The highest BCUT2D eigenvalue weighted by Crippen LogP contribution is 2.07. The zero-order valence-electron chi connectivity index (χ0n) is 25.3. The predicted molar refractivity (Wildman–Crippen MR) is 179 cm³/mol. The van der Waals surface area contributed by atoms with Crippen molar-refractivity contribution in [2.24, 2.45) is 16.0 Å². The average molecular weight is 631 g/mol. The van der Waals surface area contributed by atoms with E-state index in [1.165, 1.54) is 41.7 Å². The number of allylic oxidation sites excluding steroid dienone is 1. The van der Waals surface area contributed by atoms with E-state index < -0.39 is 5.97 Å². The number of hydrazone groups is 2. The summed E-state index contributed by atoms with van der Waals surface area (Å²) in [7, 11) is 1.32. The Morgan fingerprint density at radius 3 is 1.39 bits per heavy atom. The summed E-state index contributed by atoms with van der Waals surface area (Å²) in [4.78, 5) is 62.9. The van der Waals surface area contributed by atoms with Gasteiger partial charge in [0.2, 0.25) is 17.7 Å². The SMILES string of the molecule is C.C.C.C.CC(=O)NN.CC(=O)NN=C(C)C(C)=O.COC(=O)C(C)=C(C)C(C)=NNC(C)=O.Cc1n[nH]c(=O)c(C)c1C. The first-order chi connectivity index (χ1) is 18.3. The molecular formula is C29H58N8O7. The highest BCUT2D eigenvalue weighted by atomic mass is 16.5. The molecule has 1 aromatic rings. The molecule has 0 aliphatic carbocycles. The summed E-state index contributed by atoms with van der Waals surface area (Å²) in [5, 5.41) is 13.5. The van der Waals surface area contributed by atoms with Crippen LogP contribution in [0.25, 0.3) is 0 Å². The van der Waals surface area contributed by atoms with E-state index in [0.29, 0.717) is 22.6 Å². The van der Waals surface area contributed by atoms with Crippen LogP contribution >= 0.6 is 0 Å². The second kappa shape index (κ2) is 29.9. The van der Waals surface area contributed by atoms with Gasteiger partial charge in [0.15, 0.2) is 5.78 Å². The van der Waals surface area contributed by atoms with Gasteiger partial charge in [-0.1, -0.05) is 29.7 Å². The first-order valence-corrected chi connectivity index (χ1v) is 11.7. The van der Waals surface area contributed by atoms with Crippen LogP contribution in [0.3, 0.4) is 0 Å². The molecule has 3 amide bonds. The van der Waals surface area contributed by atoms with Gasteiger partial charge in [-0.2, -0.15) is 15.3 Å². The molecule has 6 N–H and O–H groups in total. The highest BCUT2D eigenvalue weighted by molar-refractivity contribution is 6.38. The van der Waals surface area contributed by atoms with Gasteiger partial charge in [0.25, 0.3) is 5.56 Å². The molecule has 0 atom stereocenters. The van der Waals surface area contributed by atoms with E-state index in [0.717, 1.165) is 16.8 Å². The fraction of sp³-hybridized carbons (Fsp3) is 0.552. The second-order valence-electron chi connectivity index (χ2n) is 8.12. The average Bonchev–Trinajstić information content (AvgIpc) is 2.90. The molecular weight excluding hydrogens is 572 g/mol. The van der Waals surface area contributed by atoms with Gasteiger partial charge in [0, 0.05) is 38.8 Å². The van der Waals surface area contributed by atoms with E-state index in [2.05, 4.69) is 41.8 Å². The summed E-state index contributed by atoms with van der Waals surface area (Å²) in [6.07, 6.45) is 0. The van der Waals surface area contributed by atoms with Crippen molar-refractivity contribution in [2.45, 2.75) is 106 Å². The number of esters is 1. The zero-order valence-corrected chi connectivity index (χ0v) is 25.3. The zero-order chi connectivity index (χ0) is 32.2. The number of H-pyrrole nitrogens is 1. The van der Waals surface area contributed by atoms with Crippen molar-refractivity contribution in [1.29, 1.82) is 0 Å². The number of aromatic nitrogens is 2. The van der Waals surface area contributed by atoms with Gasteiger partial charge < -0.3 is 4.74 Å². The third-order valence-corrected chi connectivity index (χ3v) is 4.84. The molecule has 0 saturated heterocycles. The van der Waals surface area contributed by atoms with Crippen LogP contribution in [0.1, 0.15) is 102 Å². The lowest BCUT2D eigenvalue weighted by Gasteiger charge is -2.05. The molecule has 0 fully saturated rings. The number of methoxy groups -OCH3 is 1. The van der Waals surface area contributed by atoms with Crippen LogP contribution in [0, 0.1) is 20.8 Å². The van der Waals surface area contributed by atoms with Crippen LogP contribution in [0.2, 0.25) is 0 Å². The highest BCUT2D eigenvalue weighted by Gasteiger charge is 2.09. The van der Waals surface area contributed by atoms with Crippen LogP contribution in [-0.2, 0) is 28.7 Å². The van der Waals surface area contributed by atoms with Crippen molar-refractivity contribution < 1.29 is 28.7 Å². The Labute approximate surface area is 263 Å². The maximum atomic E-state index is 11.2. The monoisotopic (exact) mass is 630 g/mol. The van der Waals surface area contributed by atoms with Gasteiger partial charge in [-0.15, -0.1) is 0 Å². The number of hydrazine groups is 1. The molecule has 1 aromatic heterocycles. The normalized spacial score (nSPS) is 9.93. The molecule has 15 heteroatoms. The number of ether oxygens (including phenoxy) is 1. The number of hydrogen-bond acceptors (Lipinski definition) is 11. The molecule has 44 heavy (non-hydrogen) atoms. The Bertz CT molecular complexity index is 1200. The molecule has 0 aliphatic heterocycles. The lowest BCUT2D eigenvalue weighted by Crippen LogP contribution is -2.26. The molecule has 1 heterocycles. The Balaban J connectivity index is -0.0000000847. The largest absolute Gasteiger partial charge is 0.466 e. The van der Waals surface area contributed by atoms with Crippen molar-refractivity contribution in [2.75, 3.05) is 7.11 Å². The molecule has 15 nitrogen and oxygen atoms in total. The lowest BCUT2D eigenvalue weighted by atomic mass is 10.1. The van der Waals surface area contributed by atoms with E-state index in [4.69, 9.17) is 0 Å². The van der Waals surface area contributed by atoms with E-state index in [-0.39, 0.29) is 58.8 Å². The molecule has 256 valence electrons. The molecule has 0 aromatic carbocycles. The summed E-state index contributed by atoms with van der Waals surface area (Å²) < 4.78 is 4.57. The molecule has 0 saturated carbocycles. The minimum Gasteiger partial charge on any atom is -0.466 e. The van der Waals surface area contributed by atoms with Gasteiger partial charge in [-0.25, -0.2) is 26.6 Å². The van der Waals surface area contributed by atoms with Crippen molar-refractivity contribution in [3.05, 3.63) is 38.3 Å². The smallest absolute Gasteiger partial charge is 0.333 e. The fourth-order valence-corrected chi connectivity index (χ4v) is 1.81. The third-order valence-electron chi connectivity index (χ3n) is 4.84. The molecule has 0 spiro atoms. The number of aromatic amines is 1. The van der Waals surface area contributed by atoms with Crippen molar-refractivity contribution in [1.82, 2.24) is 26.5 Å². The second-order valence-corrected chi connectivity index (χ2v) is 8.12. The number of Topliss-reactive ketones (excluding diaryl/α,β-unsaturated/α-hetero) is 1. The number of amides is 3. The first kappa shape index (κ1) is 55.4. The van der Waals surface area contributed by atoms with E-state index in [1.807, 2.05) is 19.3 Å². The topological polar surface area (TPSA) is 227 Å². The minimum atomic E-state index is -0.398. The van der Waals surface area contributed by atoms with Gasteiger partial charge >= 0.3 is 5.97 Å². The number of hydrogen-bond donors (Lipinski definition) is 5. The fourth-order valence-electron chi connectivity index (χ4n) is 1.81. The van der Waals surface area contributed by atoms with Crippen LogP contribution < -0.4 is 27.7 Å². The Hall–Kier alpha value is -4.53. The molecule has 0 bridgehead atoms. The van der Waals surface area contributed by atoms with Crippen molar-refractivity contribution in [3.8, 4) is 0 Å². The van der Waals surface area contributed by atoms with Gasteiger partial charge in [0.1, 0.15) is 5.71 Å². The van der Waals surface area contributed by atoms with E-state index in [1.54, 1.807) is 27.7 Å². The lowest BCUT2D eigenvalue weighted by molar-refractivity contribution is -0.136. The summed E-state index contributed by atoms with van der Waals surface area (Å²) in [5.74, 6) is 3.28. The standard InChI is InChI=1S/C10H16N2O3.C7H10N2O.C6H10N2O2.C2H6N2O.4CH4/c1-6(7(2)10(14)15-5)8(3)11-12-9(4)13;1-4-5(2)7(10)9-8-6(4)3;1-4(5(2)9)7-8-6(3)10;1-2(5)4-3;;;;/h1-5H3,(H,12,13);1-3H3,(H,9,10);1-3H3,(H,8,10);3H2,1H3,(H,4,5);4*1H4. The maximum absolute atomic E-state index is 11.2. The predicted octanol–water partition coefficient (Wildman–Crippen LogP) is 3.33.